The lowest BCUT2D eigenvalue weighted by Gasteiger charge is -2.33. The smallest absolute Gasteiger partial charge is 0.407 e. The number of aromatic nitrogens is 2. The van der Waals surface area contributed by atoms with Crippen LogP contribution in [0.1, 0.15) is 42.9 Å². The zero-order valence-electron chi connectivity index (χ0n) is 16.1. The van der Waals surface area contributed by atoms with Gasteiger partial charge in [-0.05, 0) is 31.7 Å². The Morgan fingerprint density at radius 3 is 2.90 bits per heavy atom. The van der Waals surface area contributed by atoms with Gasteiger partial charge < -0.3 is 20.1 Å². The molecule has 30 heavy (non-hydrogen) atoms. The van der Waals surface area contributed by atoms with E-state index in [4.69, 9.17) is 9.47 Å². The molecule has 0 spiro atoms. The molecule has 3 N–H and O–H groups in total. The van der Waals surface area contributed by atoms with Gasteiger partial charge in [0.25, 0.3) is 5.91 Å². The fourth-order valence-electron chi connectivity index (χ4n) is 3.56. The van der Waals surface area contributed by atoms with Crippen molar-refractivity contribution in [1.29, 1.82) is 0 Å². The van der Waals surface area contributed by atoms with Gasteiger partial charge in [0.05, 0.1) is 0 Å². The Bertz CT molecular complexity index is 923. The third kappa shape index (κ3) is 4.59. The summed E-state index contributed by atoms with van der Waals surface area (Å²) in [5.41, 5.74) is 0.896. The Labute approximate surface area is 171 Å². The highest BCUT2D eigenvalue weighted by Gasteiger charge is 2.35. The van der Waals surface area contributed by atoms with Gasteiger partial charge in [0, 0.05) is 36.4 Å². The number of carbonyl (C=O) groups is 2. The van der Waals surface area contributed by atoms with Crippen LogP contribution in [0.3, 0.4) is 0 Å². The van der Waals surface area contributed by atoms with Crippen molar-refractivity contribution in [2.75, 3.05) is 11.9 Å². The zero-order valence-corrected chi connectivity index (χ0v) is 16.1. The van der Waals surface area contributed by atoms with Crippen LogP contribution in [0.15, 0.2) is 24.3 Å². The number of halogens is 2. The van der Waals surface area contributed by atoms with E-state index < -0.39 is 23.8 Å². The predicted octanol–water partition coefficient (Wildman–Crippen LogP) is 2.98. The van der Waals surface area contributed by atoms with Crippen LogP contribution >= 0.6 is 0 Å². The topological polar surface area (TPSA) is 105 Å². The number of ether oxygens (including phenoxy) is 2. The number of anilines is 1. The van der Waals surface area contributed by atoms with Gasteiger partial charge in [-0.1, -0.05) is 12.1 Å². The summed E-state index contributed by atoms with van der Waals surface area (Å²) >= 11 is 0. The van der Waals surface area contributed by atoms with E-state index in [1.807, 2.05) is 0 Å². The highest BCUT2D eigenvalue weighted by atomic mass is 19.2. The van der Waals surface area contributed by atoms with Crippen molar-refractivity contribution >= 4 is 17.8 Å². The van der Waals surface area contributed by atoms with E-state index >= 15 is 0 Å². The number of hydrogen-bond donors (Lipinski definition) is 3. The van der Waals surface area contributed by atoms with Crippen LogP contribution in [0.5, 0.6) is 0 Å². The lowest BCUT2D eigenvalue weighted by Crippen LogP contribution is -2.36. The fraction of sp³-hybridized carbons (Fsp3) is 0.450. The molecule has 10 heteroatoms. The van der Waals surface area contributed by atoms with Crippen LogP contribution in [-0.4, -0.2) is 41.0 Å². The molecule has 1 aromatic carbocycles. The number of nitrogens with zero attached hydrogens (tertiary/aromatic N) is 1. The van der Waals surface area contributed by atoms with Gasteiger partial charge >= 0.3 is 6.09 Å². The average Bonchev–Trinajstić information content (AvgIpc) is 3.37. The molecular weight excluding hydrogens is 398 g/mol. The first-order chi connectivity index (χ1) is 14.5. The van der Waals surface area contributed by atoms with Crippen LogP contribution in [0.25, 0.3) is 0 Å². The number of alkyl carbamates (subject to hydrolysis) is 1. The molecule has 1 atom stereocenters. The SMILES string of the molecule is O=C(NCc1cccc(F)c1F)O[C@H]1C[C@@H](c2cc(NC(=O)[C@H]3CCCO3)n[nH]2)C1. The molecule has 0 radical (unpaired) electrons. The maximum atomic E-state index is 13.6. The van der Waals surface area contributed by atoms with E-state index in [9.17, 15) is 18.4 Å². The molecule has 2 heterocycles. The molecule has 1 saturated heterocycles. The van der Waals surface area contributed by atoms with Crippen LogP contribution in [0.2, 0.25) is 0 Å². The molecule has 0 unspecified atom stereocenters. The first kappa shape index (κ1) is 20.3. The van der Waals surface area contributed by atoms with Crippen molar-refractivity contribution in [3.8, 4) is 0 Å². The maximum Gasteiger partial charge on any atom is 0.407 e. The third-order valence-corrected chi connectivity index (χ3v) is 5.33. The number of H-pyrrole nitrogens is 1. The molecule has 1 saturated carbocycles. The average molecular weight is 420 g/mol. The first-order valence-corrected chi connectivity index (χ1v) is 9.84. The third-order valence-electron chi connectivity index (χ3n) is 5.33. The minimum absolute atomic E-state index is 0.0495. The summed E-state index contributed by atoms with van der Waals surface area (Å²) < 4.78 is 37.4. The Morgan fingerprint density at radius 2 is 2.13 bits per heavy atom. The minimum Gasteiger partial charge on any atom is -0.446 e. The molecule has 1 aliphatic carbocycles. The van der Waals surface area contributed by atoms with Gasteiger partial charge in [-0.3, -0.25) is 9.89 Å². The highest BCUT2D eigenvalue weighted by molar-refractivity contribution is 5.93. The van der Waals surface area contributed by atoms with Crippen LogP contribution in [-0.2, 0) is 20.8 Å². The van der Waals surface area contributed by atoms with E-state index in [0.717, 1.165) is 18.2 Å². The molecule has 160 valence electrons. The van der Waals surface area contributed by atoms with Crippen molar-refractivity contribution in [3.63, 3.8) is 0 Å². The minimum atomic E-state index is -0.983. The van der Waals surface area contributed by atoms with E-state index in [-0.39, 0.29) is 30.0 Å². The molecule has 4 rings (SSSR count). The summed E-state index contributed by atoms with van der Waals surface area (Å²) in [6, 6.07) is 5.55. The second-order valence-corrected chi connectivity index (χ2v) is 7.46. The van der Waals surface area contributed by atoms with E-state index in [0.29, 0.717) is 31.7 Å². The van der Waals surface area contributed by atoms with Crippen molar-refractivity contribution in [1.82, 2.24) is 15.5 Å². The fourth-order valence-corrected chi connectivity index (χ4v) is 3.56. The number of hydrogen-bond acceptors (Lipinski definition) is 5. The predicted molar refractivity (Wildman–Crippen MR) is 102 cm³/mol. The Morgan fingerprint density at radius 1 is 1.30 bits per heavy atom. The molecule has 2 amide bonds. The van der Waals surface area contributed by atoms with Gasteiger partial charge in [0.1, 0.15) is 12.2 Å². The molecule has 8 nitrogen and oxygen atoms in total. The number of carbonyl (C=O) groups excluding carboxylic acids is 2. The van der Waals surface area contributed by atoms with Gasteiger partial charge in [-0.2, -0.15) is 5.10 Å². The number of benzene rings is 1. The molecular formula is C20H22F2N4O4. The summed E-state index contributed by atoms with van der Waals surface area (Å²) in [5, 5.41) is 12.2. The van der Waals surface area contributed by atoms with Crippen LogP contribution < -0.4 is 10.6 Å². The Kier molecular flexibility index (Phi) is 5.93. The number of nitrogens with one attached hydrogen (secondary N) is 3. The first-order valence-electron chi connectivity index (χ1n) is 9.84. The van der Waals surface area contributed by atoms with Crippen LogP contribution in [0, 0.1) is 11.6 Å². The second kappa shape index (κ2) is 8.78. The highest BCUT2D eigenvalue weighted by Crippen LogP contribution is 2.38. The van der Waals surface area contributed by atoms with Gasteiger partial charge in [-0.15, -0.1) is 0 Å². The normalized spacial score (nSPS) is 22.9. The van der Waals surface area contributed by atoms with Crippen LogP contribution in [0.4, 0.5) is 19.4 Å². The molecule has 0 bridgehead atoms. The van der Waals surface area contributed by atoms with E-state index in [2.05, 4.69) is 20.8 Å². The summed E-state index contributed by atoms with van der Waals surface area (Å²) in [4.78, 5) is 23.9. The van der Waals surface area contributed by atoms with Crippen molar-refractivity contribution in [2.24, 2.45) is 0 Å². The number of amides is 2. The standard InChI is InChI=1S/C20H22F2N4O4/c21-14-4-1-3-11(18(14)22)10-23-20(28)30-13-7-12(8-13)15-9-17(26-25-15)24-19(27)16-5-2-6-29-16/h1,3-4,9,12-13,16H,2,5-8,10H2,(H,23,28)(H2,24,25,26,27)/t12-,13+,16-/m1/s1. The van der Waals surface area contributed by atoms with Gasteiger partial charge in [-0.25, -0.2) is 13.6 Å². The monoisotopic (exact) mass is 420 g/mol. The van der Waals surface area contributed by atoms with Gasteiger partial charge in [0.2, 0.25) is 0 Å². The number of aromatic amines is 1. The summed E-state index contributed by atoms with van der Waals surface area (Å²) in [7, 11) is 0. The summed E-state index contributed by atoms with van der Waals surface area (Å²) in [6.45, 7) is 0.436. The van der Waals surface area contributed by atoms with Crippen molar-refractivity contribution < 1.29 is 27.8 Å². The van der Waals surface area contributed by atoms with Crippen molar-refractivity contribution in [2.45, 2.75) is 50.4 Å². The second-order valence-electron chi connectivity index (χ2n) is 7.46. The molecule has 2 aromatic rings. The molecule has 2 aliphatic rings. The summed E-state index contributed by atoms with van der Waals surface area (Å²) in [5.74, 6) is -1.58. The molecule has 1 aromatic heterocycles. The number of rotatable bonds is 6. The molecule has 1 aliphatic heterocycles. The quantitative estimate of drug-likeness (QED) is 0.666. The lowest BCUT2D eigenvalue weighted by atomic mass is 9.80. The lowest BCUT2D eigenvalue weighted by molar-refractivity contribution is -0.124. The largest absolute Gasteiger partial charge is 0.446 e. The van der Waals surface area contributed by atoms with E-state index in [1.54, 1.807) is 6.07 Å². The summed E-state index contributed by atoms with van der Waals surface area (Å²) in [6.07, 6.45) is 1.39. The Balaban J connectivity index is 1.19. The molecule has 2 fully saturated rings. The maximum absolute atomic E-state index is 13.6. The Hall–Kier alpha value is -3.01. The van der Waals surface area contributed by atoms with Crippen molar-refractivity contribution in [3.05, 3.63) is 47.2 Å². The zero-order chi connectivity index (χ0) is 21.1. The van der Waals surface area contributed by atoms with Gasteiger partial charge in [0.15, 0.2) is 17.5 Å². The van der Waals surface area contributed by atoms with E-state index in [1.165, 1.54) is 12.1 Å².